The van der Waals surface area contributed by atoms with Gasteiger partial charge < -0.3 is 16.8 Å². The molecule has 0 aliphatic heterocycles. The van der Waals surface area contributed by atoms with Crippen molar-refractivity contribution in [3.63, 3.8) is 0 Å². The number of benzene rings is 2. The molecule has 1 amide bonds. The number of hydrogen-bond donors (Lipinski definition) is 3. The summed E-state index contributed by atoms with van der Waals surface area (Å²) in [6.07, 6.45) is 1.71. The van der Waals surface area contributed by atoms with Crippen molar-refractivity contribution in [1.29, 1.82) is 0 Å². The van der Waals surface area contributed by atoms with Gasteiger partial charge in [0, 0.05) is 24.7 Å². The number of nitrogen functional groups attached to an aromatic ring is 1. The van der Waals surface area contributed by atoms with Crippen molar-refractivity contribution in [1.82, 2.24) is 20.1 Å². The Hall–Kier alpha value is -3.71. The van der Waals surface area contributed by atoms with E-state index in [-0.39, 0.29) is 12.5 Å². The lowest BCUT2D eigenvalue weighted by Crippen LogP contribution is -2.26. The van der Waals surface area contributed by atoms with Crippen LogP contribution in [0, 0.1) is 13.8 Å². The van der Waals surface area contributed by atoms with E-state index >= 15 is 0 Å². The van der Waals surface area contributed by atoms with Crippen LogP contribution in [0.5, 0.6) is 0 Å². The summed E-state index contributed by atoms with van der Waals surface area (Å²) in [4.78, 5) is 17.2. The lowest BCUT2D eigenvalue weighted by Gasteiger charge is -2.15. The second-order valence-corrected chi connectivity index (χ2v) is 7.64. The maximum Gasteiger partial charge on any atom is 0.269 e. The molecule has 0 saturated heterocycles. The average molecular weight is 415 g/mol. The molecule has 0 aliphatic rings. The van der Waals surface area contributed by atoms with Crippen molar-refractivity contribution in [3.8, 4) is 0 Å². The molecule has 7 nitrogen and oxygen atoms in total. The summed E-state index contributed by atoms with van der Waals surface area (Å²) in [5.74, 6) is 0.328. The van der Waals surface area contributed by atoms with Crippen molar-refractivity contribution < 1.29 is 4.79 Å². The SMILES string of the molecule is Cc1cc2c(N)nccc2c(C)c1CNC(=O)c1cc(CN)nn1Cc1ccccc1. The molecule has 0 saturated carbocycles. The summed E-state index contributed by atoms with van der Waals surface area (Å²) >= 11 is 0. The summed E-state index contributed by atoms with van der Waals surface area (Å²) < 4.78 is 1.71. The smallest absolute Gasteiger partial charge is 0.269 e. The molecule has 158 valence electrons. The topological polar surface area (TPSA) is 112 Å². The summed E-state index contributed by atoms with van der Waals surface area (Å²) in [6, 6.07) is 15.6. The first kappa shape index (κ1) is 20.6. The molecule has 31 heavy (non-hydrogen) atoms. The molecule has 5 N–H and O–H groups in total. The Balaban J connectivity index is 1.59. The van der Waals surface area contributed by atoms with Gasteiger partial charge in [0.2, 0.25) is 0 Å². The highest BCUT2D eigenvalue weighted by atomic mass is 16.2. The number of pyridine rings is 1. The first-order chi connectivity index (χ1) is 15.0. The molecule has 0 spiro atoms. The molecule has 0 bridgehead atoms. The molecule has 4 rings (SSSR count). The predicted octanol–water partition coefficient (Wildman–Crippen LogP) is 3.07. The largest absolute Gasteiger partial charge is 0.383 e. The van der Waals surface area contributed by atoms with Crippen LogP contribution >= 0.6 is 0 Å². The van der Waals surface area contributed by atoms with Crippen LogP contribution in [0.3, 0.4) is 0 Å². The Morgan fingerprint density at radius 1 is 1.10 bits per heavy atom. The van der Waals surface area contributed by atoms with Crippen molar-refractivity contribution in [3.05, 3.63) is 88.4 Å². The molecular formula is C24H26N6O. The van der Waals surface area contributed by atoms with E-state index in [0.29, 0.717) is 30.3 Å². The second kappa shape index (κ2) is 8.57. The molecule has 7 heteroatoms. The molecule has 4 aromatic rings. The van der Waals surface area contributed by atoms with Crippen molar-refractivity contribution in [2.45, 2.75) is 33.5 Å². The number of amides is 1. The minimum Gasteiger partial charge on any atom is -0.383 e. The number of anilines is 1. The number of carbonyl (C=O) groups is 1. The number of aryl methyl sites for hydroxylation is 2. The molecule has 0 radical (unpaired) electrons. The molecule has 0 aliphatic carbocycles. The molecule has 2 heterocycles. The maximum absolute atomic E-state index is 13.1. The number of hydrogen-bond acceptors (Lipinski definition) is 5. The zero-order valence-electron chi connectivity index (χ0n) is 17.7. The van der Waals surface area contributed by atoms with E-state index in [9.17, 15) is 4.79 Å². The number of nitrogens with zero attached hydrogens (tertiary/aromatic N) is 3. The molecule has 2 aromatic heterocycles. The fourth-order valence-electron chi connectivity index (χ4n) is 3.89. The van der Waals surface area contributed by atoms with Crippen LogP contribution in [0.25, 0.3) is 10.8 Å². The van der Waals surface area contributed by atoms with Crippen LogP contribution in [0.15, 0.2) is 54.7 Å². The van der Waals surface area contributed by atoms with E-state index in [0.717, 1.165) is 33.0 Å². The van der Waals surface area contributed by atoms with Crippen LogP contribution in [0.2, 0.25) is 0 Å². The van der Waals surface area contributed by atoms with Gasteiger partial charge in [-0.15, -0.1) is 0 Å². The molecule has 0 atom stereocenters. The minimum atomic E-state index is -0.184. The number of aromatic nitrogens is 3. The first-order valence-electron chi connectivity index (χ1n) is 10.2. The van der Waals surface area contributed by atoms with Gasteiger partial charge in [0.15, 0.2) is 0 Å². The number of fused-ring (bicyclic) bond motifs is 1. The third-order valence-corrected chi connectivity index (χ3v) is 5.59. The summed E-state index contributed by atoms with van der Waals surface area (Å²) in [7, 11) is 0. The van der Waals surface area contributed by atoms with E-state index in [2.05, 4.69) is 15.4 Å². The Morgan fingerprint density at radius 2 is 1.87 bits per heavy atom. The fraction of sp³-hybridized carbons (Fsp3) is 0.208. The van der Waals surface area contributed by atoms with Gasteiger partial charge >= 0.3 is 0 Å². The highest BCUT2D eigenvalue weighted by Gasteiger charge is 2.17. The monoisotopic (exact) mass is 414 g/mol. The van der Waals surface area contributed by atoms with Crippen LogP contribution in [-0.4, -0.2) is 20.7 Å². The number of rotatable bonds is 6. The van der Waals surface area contributed by atoms with E-state index in [1.165, 1.54) is 0 Å². The Kier molecular flexibility index (Phi) is 5.68. The Labute approximate surface area is 181 Å². The van der Waals surface area contributed by atoms with Gasteiger partial charge in [-0.2, -0.15) is 5.10 Å². The van der Waals surface area contributed by atoms with Gasteiger partial charge in [-0.1, -0.05) is 30.3 Å². The highest BCUT2D eigenvalue weighted by Crippen LogP contribution is 2.27. The zero-order chi connectivity index (χ0) is 22.0. The van der Waals surface area contributed by atoms with Crippen LogP contribution in [0.1, 0.15) is 38.4 Å². The maximum atomic E-state index is 13.1. The van der Waals surface area contributed by atoms with Gasteiger partial charge in [0.05, 0.1) is 12.2 Å². The Bertz CT molecular complexity index is 1250. The quantitative estimate of drug-likeness (QED) is 0.449. The number of nitrogens with two attached hydrogens (primary N) is 2. The van der Waals surface area contributed by atoms with Crippen molar-refractivity contribution in [2.24, 2.45) is 5.73 Å². The second-order valence-electron chi connectivity index (χ2n) is 7.64. The zero-order valence-corrected chi connectivity index (χ0v) is 17.7. The van der Waals surface area contributed by atoms with Gasteiger partial charge in [0.1, 0.15) is 11.5 Å². The van der Waals surface area contributed by atoms with Crippen molar-refractivity contribution in [2.75, 3.05) is 5.73 Å². The lowest BCUT2D eigenvalue weighted by molar-refractivity contribution is 0.0940. The number of nitrogens with one attached hydrogen (secondary N) is 1. The van der Waals surface area contributed by atoms with E-state index in [1.807, 2.05) is 56.3 Å². The normalized spacial score (nSPS) is 11.1. The van der Waals surface area contributed by atoms with E-state index in [4.69, 9.17) is 11.5 Å². The van der Waals surface area contributed by atoms with Gasteiger partial charge in [0.25, 0.3) is 5.91 Å². The summed E-state index contributed by atoms with van der Waals surface area (Å²) in [6.45, 7) is 5.25. The van der Waals surface area contributed by atoms with Crippen LogP contribution in [-0.2, 0) is 19.6 Å². The molecule has 0 unspecified atom stereocenters. The third kappa shape index (κ3) is 4.13. The fourth-order valence-corrected chi connectivity index (χ4v) is 3.89. The van der Waals surface area contributed by atoms with Gasteiger partial charge in [-0.3, -0.25) is 9.48 Å². The lowest BCUT2D eigenvalue weighted by atomic mass is 9.96. The molecule has 0 fully saturated rings. The number of carbonyl (C=O) groups excluding carboxylic acids is 1. The van der Waals surface area contributed by atoms with Crippen molar-refractivity contribution >= 4 is 22.5 Å². The summed E-state index contributed by atoms with van der Waals surface area (Å²) in [5, 5.41) is 9.52. The average Bonchev–Trinajstić information content (AvgIpc) is 3.18. The van der Waals surface area contributed by atoms with Crippen LogP contribution < -0.4 is 16.8 Å². The standard InChI is InChI=1S/C24H26N6O/c1-15-10-20-19(8-9-27-23(20)26)16(2)21(15)13-28-24(31)22-11-18(12-25)29-30(22)14-17-6-4-3-5-7-17/h3-11H,12-14,25H2,1-2H3,(H2,26,27)(H,28,31). The first-order valence-corrected chi connectivity index (χ1v) is 10.2. The molecular weight excluding hydrogens is 388 g/mol. The van der Waals surface area contributed by atoms with Crippen LogP contribution in [0.4, 0.5) is 5.82 Å². The van der Waals surface area contributed by atoms with E-state index in [1.54, 1.807) is 16.9 Å². The van der Waals surface area contributed by atoms with E-state index < -0.39 is 0 Å². The predicted molar refractivity (Wildman–Crippen MR) is 122 cm³/mol. The Morgan fingerprint density at radius 3 is 2.61 bits per heavy atom. The third-order valence-electron chi connectivity index (χ3n) is 5.59. The van der Waals surface area contributed by atoms with Gasteiger partial charge in [-0.05, 0) is 59.7 Å². The minimum absolute atomic E-state index is 0.184. The van der Waals surface area contributed by atoms with Gasteiger partial charge in [-0.25, -0.2) is 4.98 Å². The molecule has 2 aromatic carbocycles. The highest BCUT2D eigenvalue weighted by molar-refractivity contribution is 5.95. The summed E-state index contributed by atoms with van der Waals surface area (Å²) in [5.41, 5.74) is 17.3.